The third kappa shape index (κ3) is 29.4. The van der Waals surface area contributed by atoms with Gasteiger partial charge in [0.1, 0.15) is 17.8 Å². The molecule has 3 unspecified atom stereocenters. The largest absolute Gasteiger partial charge is 1.00 e. The first-order valence-corrected chi connectivity index (χ1v) is 25.3. The minimum absolute atomic E-state index is 0. The van der Waals surface area contributed by atoms with E-state index in [2.05, 4.69) is 33.0 Å². The Morgan fingerprint density at radius 1 is 0.676 bits per heavy atom. The van der Waals surface area contributed by atoms with Gasteiger partial charge >= 0.3 is 109 Å². The second kappa shape index (κ2) is 41.7. The van der Waals surface area contributed by atoms with Crippen LogP contribution in [-0.2, 0) is 76.8 Å². The summed E-state index contributed by atoms with van der Waals surface area (Å²) in [5, 5.41) is 14.0. The molecule has 4 rings (SSSR count). The van der Waals surface area contributed by atoms with E-state index in [0.717, 1.165) is 23.5 Å². The zero-order valence-electron chi connectivity index (χ0n) is 44.3. The fourth-order valence-electron chi connectivity index (χ4n) is 7.38. The van der Waals surface area contributed by atoms with Crippen LogP contribution in [0.1, 0.15) is 94.3 Å². The molecule has 0 bridgehead atoms. The Morgan fingerprint density at radius 2 is 1.04 bits per heavy atom. The van der Waals surface area contributed by atoms with Crippen molar-refractivity contribution >= 4 is 118 Å². The van der Waals surface area contributed by atoms with Crippen LogP contribution in [0.3, 0.4) is 0 Å². The SMILES string of the molecule is CC(=O)SCC(=O)ON1C(=O)CCC1=O.CC[C@@H](C(C)=O)N1CC(CNC(=O)CS)CC1=O.CC[C@@H](C(N)=O)N1CC(CN)CC1=O.CC[C@@H](C(N)=O)N1CC(CNC(=O)CSC(C)=O)CC1=O.O=CO[O-].[H-].[K+].[K+]. The van der Waals surface area contributed by atoms with Gasteiger partial charge < -0.3 is 58.9 Å². The third-order valence-corrected chi connectivity index (χ3v) is 12.7. The van der Waals surface area contributed by atoms with Gasteiger partial charge in [-0.15, -0.1) is 5.06 Å². The summed E-state index contributed by atoms with van der Waals surface area (Å²) in [5.74, 6) is -2.97. The van der Waals surface area contributed by atoms with Gasteiger partial charge in [0.05, 0.1) is 17.5 Å². The van der Waals surface area contributed by atoms with Gasteiger partial charge in [0.2, 0.25) is 41.4 Å². The number of likely N-dealkylation sites (tertiary alicyclic amines) is 3. The van der Waals surface area contributed by atoms with Crippen molar-refractivity contribution in [1.29, 1.82) is 0 Å². The van der Waals surface area contributed by atoms with Gasteiger partial charge in [0, 0.05) is 90.5 Å². The van der Waals surface area contributed by atoms with Crippen molar-refractivity contribution in [2.24, 2.45) is 35.0 Å². The van der Waals surface area contributed by atoms with Crippen LogP contribution in [0, 0.1) is 17.8 Å². The topological polar surface area (TPSA) is 396 Å². The normalized spacial score (nSPS) is 18.6. The average molecular weight is 1160 g/mol. The van der Waals surface area contributed by atoms with E-state index in [1.165, 1.54) is 25.7 Å². The van der Waals surface area contributed by atoms with E-state index in [9.17, 15) is 62.3 Å². The standard InChI is InChI=1S/C13H21N3O4S.C12H20N2O3S.C9H17N3O2.C8H9NO5S.CH2O3.2K.H/c1-3-10(13(14)20)16-6-9(4-12(16)19)5-15-11(18)7-21-8(2)17;1-3-10(8(2)15)14-6-9(4-12(14)17)5-13-11(16)7-18;1-2-7(9(11)14)12-5-6(4-10)3-8(12)13;1-5(10)15-4-8(13)14-9-6(11)2-3-7(9)12;2-1-4-3;;;/h9-10H,3-7H2,1-2H3,(H2,14,20)(H,15,18);9-10,18H,3-7H2,1-2H3,(H,13,16);6-7H,2-5,10H2,1H3,(H2,11,14);2-4H2,1H3;1,3H;;;/q;;;;;2*+1;-1/p-1/t2*9?,10-;6?,7-;;;;;/m000...../s1. The maximum absolute atomic E-state index is 11.9. The van der Waals surface area contributed by atoms with Gasteiger partial charge in [0.15, 0.2) is 16.0 Å². The zero-order chi connectivity index (χ0) is 55.2. The molecule has 74 heavy (non-hydrogen) atoms. The molecule has 26 nitrogen and oxygen atoms in total. The number of nitrogens with one attached hydrogen (secondary N) is 2. The van der Waals surface area contributed by atoms with Crippen LogP contribution in [0.25, 0.3) is 0 Å². The molecule has 6 atom stereocenters. The molecule has 0 aromatic carbocycles. The summed E-state index contributed by atoms with van der Waals surface area (Å²) in [7, 11) is 0. The molecule has 4 heterocycles. The van der Waals surface area contributed by atoms with Crippen LogP contribution in [0.5, 0.6) is 0 Å². The predicted octanol–water partition coefficient (Wildman–Crippen LogP) is -8.77. The number of rotatable bonds is 21. The van der Waals surface area contributed by atoms with Crippen LogP contribution in [-0.4, -0.2) is 176 Å². The molecule has 9 amide bonds. The van der Waals surface area contributed by atoms with Gasteiger partial charge in [0.25, 0.3) is 18.3 Å². The Labute approximate surface area is 530 Å². The Hall–Kier alpha value is -2.38. The average Bonchev–Trinajstić information content (AvgIpc) is 4.09. The van der Waals surface area contributed by atoms with Gasteiger partial charge in [-0.2, -0.15) is 12.6 Å². The first-order valence-electron chi connectivity index (χ1n) is 22.7. The quantitative estimate of drug-likeness (QED) is 0.0155. The number of hydroxylamine groups is 2. The summed E-state index contributed by atoms with van der Waals surface area (Å²) in [5.41, 5.74) is 16.0. The number of hydrogen-bond acceptors (Lipinski definition) is 21. The number of primary amides is 2. The predicted molar refractivity (Wildman–Crippen MR) is 261 cm³/mol. The van der Waals surface area contributed by atoms with E-state index in [4.69, 9.17) is 27.3 Å². The van der Waals surface area contributed by atoms with Crippen LogP contribution < -0.4 is 136 Å². The van der Waals surface area contributed by atoms with Crippen LogP contribution in [0.2, 0.25) is 0 Å². The maximum Gasteiger partial charge on any atom is 1.00 e. The molecule has 0 aromatic rings. The number of carbonyl (C=O) groups is 14. The summed E-state index contributed by atoms with van der Waals surface area (Å²) in [6, 6.07) is -1.35. The Bertz CT molecular complexity index is 1950. The smallest absolute Gasteiger partial charge is 1.00 e. The van der Waals surface area contributed by atoms with E-state index in [1.807, 2.05) is 13.8 Å². The number of nitrogens with zero attached hydrogens (tertiary/aromatic N) is 4. The van der Waals surface area contributed by atoms with Crippen molar-refractivity contribution in [2.75, 3.05) is 56.5 Å². The first kappa shape index (κ1) is 75.9. The van der Waals surface area contributed by atoms with E-state index in [0.29, 0.717) is 82.9 Å². The van der Waals surface area contributed by atoms with Crippen molar-refractivity contribution in [3.05, 3.63) is 0 Å². The van der Waals surface area contributed by atoms with Crippen LogP contribution in [0.4, 0.5) is 0 Å². The molecule has 4 fully saturated rings. The van der Waals surface area contributed by atoms with Gasteiger partial charge in [-0.3, -0.25) is 62.3 Å². The summed E-state index contributed by atoms with van der Waals surface area (Å²) in [4.78, 5) is 166. The number of thiol groups is 1. The second-order valence-corrected chi connectivity index (χ2v) is 19.0. The minimum Gasteiger partial charge on any atom is -1.00 e. The van der Waals surface area contributed by atoms with Crippen molar-refractivity contribution in [3.8, 4) is 0 Å². The molecular formula is C43H69K2N9O17S3. The van der Waals surface area contributed by atoms with Crippen molar-refractivity contribution < 1.29 is 186 Å². The second-order valence-electron chi connectivity index (χ2n) is 16.3. The first-order chi connectivity index (χ1) is 33.8. The molecule has 4 saturated heterocycles. The molecule has 4 aliphatic rings. The number of ketones is 1. The number of thioether (sulfide) groups is 2. The minimum atomic E-state index is -0.779. The summed E-state index contributed by atoms with van der Waals surface area (Å²) < 4.78 is 0. The fraction of sp³-hybridized carbons (Fsp3) is 0.674. The zero-order valence-corrected chi connectivity index (χ0v) is 52.1. The van der Waals surface area contributed by atoms with Crippen LogP contribution >= 0.6 is 36.2 Å². The van der Waals surface area contributed by atoms with Crippen molar-refractivity contribution in [1.82, 2.24) is 30.4 Å². The summed E-state index contributed by atoms with van der Waals surface area (Å²) in [6.07, 6.45) is 2.95. The Morgan fingerprint density at radius 3 is 1.36 bits per heavy atom. The molecular weight excluding hydrogens is 1090 g/mol. The molecule has 0 spiro atoms. The van der Waals surface area contributed by atoms with E-state index < -0.39 is 41.7 Å². The van der Waals surface area contributed by atoms with E-state index in [-0.39, 0.29) is 210 Å². The maximum atomic E-state index is 11.9. The number of imide groups is 1. The van der Waals surface area contributed by atoms with Crippen molar-refractivity contribution in [3.63, 3.8) is 0 Å². The van der Waals surface area contributed by atoms with Gasteiger partial charge in [-0.1, -0.05) is 44.3 Å². The molecule has 0 aromatic heterocycles. The third-order valence-electron chi connectivity index (χ3n) is 10.8. The molecule has 0 aliphatic carbocycles. The van der Waals surface area contributed by atoms with E-state index >= 15 is 0 Å². The van der Waals surface area contributed by atoms with Crippen LogP contribution in [0.15, 0.2) is 0 Å². The summed E-state index contributed by atoms with van der Waals surface area (Å²) in [6.45, 7) is 12.4. The van der Waals surface area contributed by atoms with Gasteiger partial charge in [-0.25, -0.2) is 4.79 Å². The molecule has 0 saturated carbocycles. The molecule has 4 aliphatic heterocycles. The number of amides is 9. The molecule has 0 radical (unpaired) electrons. The number of Topliss-reactive ketones (excluding diaryl/α,β-unsaturated/α-hetero) is 1. The van der Waals surface area contributed by atoms with Crippen molar-refractivity contribution in [2.45, 2.75) is 111 Å². The number of hydrogen-bond donors (Lipinski definition) is 6. The monoisotopic (exact) mass is 1160 g/mol. The number of nitrogens with two attached hydrogens (primary N) is 3. The molecule has 31 heteroatoms. The fourth-order valence-corrected chi connectivity index (χ4v) is 8.30. The Kier molecular flexibility index (Phi) is 42.7. The Balaban J connectivity index is -0.000000435. The molecule has 408 valence electrons. The van der Waals surface area contributed by atoms with Gasteiger partial charge in [-0.05, 0) is 38.6 Å². The number of carbonyl (C=O) groups excluding carboxylic acids is 14. The molecule has 8 N–H and O–H groups in total. The van der Waals surface area contributed by atoms with E-state index in [1.54, 1.807) is 16.7 Å². The summed E-state index contributed by atoms with van der Waals surface area (Å²) >= 11 is 5.58.